The van der Waals surface area contributed by atoms with Crippen LogP contribution in [0.2, 0.25) is 0 Å². The second-order valence-electron chi connectivity index (χ2n) is 6.47. The Morgan fingerprint density at radius 3 is 2.70 bits per heavy atom. The van der Waals surface area contributed by atoms with Crippen LogP contribution < -0.4 is 10.1 Å². The zero-order valence-corrected chi connectivity index (χ0v) is 13.4. The molecule has 1 aromatic rings. The molecule has 1 aromatic carbocycles. The highest BCUT2D eigenvalue weighted by Crippen LogP contribution is 2.28. The molecule has 0 spiro atoms. The van der Waals surface area contributed by atoms with Crippen LogP contribution in [0.15, 0.2) is 30.3 Å². The van der Waals surface area contributed by atoms with Crippen LogP contribution in [0.1, 0.15) is 25.7 Å². The van der Waals surface area contributed by atoms with Gasteiger partial charge in [0.2, 0.25) is 5.91 Å². The molecule has 2 aliphatic rings. The van der Waals surface area contributed by atoms with Crippen LogP contribution in [-0.2, 0) is 9.59 Å². The summed E-state index contributed by atoms with van der Waals surface area (Å²) in [5.41, 5.74) is 0. The van der Waals surface area contributed by atoms with Crippen molar-refractivity contribution in [1.29, 1.82) is 0 Å². The number of nitrogens with one attached hydrogen (secondary N) is 1. The summed E-state index contributed by atoms with van der Waals surface area (Å²) in [6, 6.07) is 9.32. The molecule has 5 heteroatoms. The van der Waals surface area contributed by atoms with Crippen LogP contribution in [0.4, 0.5) is 0 Å². The fraction of sp³-hybridized carbons (Fsp3) is 0.556. The first kappa shape index (κ1) is 15.8. The molecule has 2 amide bonds. The summed E-state index contributed by atoms with van der Waals surface area (Å²) in [4.78, 5) is 26.2. The van der Waals surface area contributed by atoms with E-state index >= 15 is 0 Å². The number of carbonyl (C=O) groups is 2. The molecule has 1 aliphatic carbocycles. The van der Waals surface area contributed by atoms with Crippen molar-refractivity contribution in [2.45, 2.75) is 25.7 Å². The van der Waals surface area contributed by atoms with Crippen LogP contribution in [0.5, 0.6) is 5.75 Å². The van der Waals surface area contributed by atoms with E-state index in [1.165, 1.54) is 12.8 Å². The summed E-state index contributed by atoms with van der Waals surface area (Å²) in [5, 5.41) is 3.02. The lowest BCUT2D eigenvalue weighted by Gasteiger charge is -2.32. The summed E-state index contributed by atoms with van der Waals surface area (Å²) >= 11 is 0. The predicted octanol–water partition coefficient (Wildman–Crippen LogP) is 1.83. The van der Waals surface area contributed by atoms with E-state index in [0.29, 0.717) is 24.8 Å². The molecule has 0 aromatic heterocycles. The molecule has 3 rings (SSSR count). The molecular formula is C18H24N2O3. The first-order chi connectivity index (χ1) is 11.2. The van der Waals surface area contributed by atoms with Gasteiger partial charge in [-0.15, -0.1) is 0 Å². The minimum absolute atomic E-state index is 0.0282. The monoisotopic (exact) mass is 316 g/mol. The summed E-state index contributed by atoms with van der Waals surface area (Å²) in [6.45, 7) is 2.04. The second-order valence-corrected chi connectivity index (χ2v) is 6.47. The standard InChI is InChI=1S/C18H24N2O3/c21-17(13-23-16-6-2-1-3-7-16)20-10-4-5-15(12-20)18(22)19-11-14-8-9-14/h1-3,6-7,14-15H,4-5,8-13H2,(H,19,22)/t15-/m0/s1. The minimum atomic E-state index is -0.0804. The smallest absolute Gasteiger partial charge is 0.260 e. The molecular weight excluding hydrogens is 292 g/mol. The van der Waals surface area contributed by atoms with Crippen molar-refractivity contribution in [3.63, 3.8) is 0 Å². The van der Waals surface area contributed by atoms with E-state index in [-0.39, 0.29) is 24.3 Å². The molecule has 1 atom stereocenters. The summed E-state index contributed by atoms with van der Waals surface area (Å²) in [6.07, 6.45) is 4.19. The highest BCUT2D eigenvalue weighted by Gasteiger charge is 2.29. The molecule has 0 unspecified atom stereocenters. The first-order valence-electron chi connectivity index (χ1n) is 8.45. The summed E-state index contributed by atoms with van der Waals surface area (Å²) in [5.74, 6) is 1.34. The van der Waals surface area contributed by atoms with E-state index in [0.717, 1.165) is 19.4 Å². The Bertz CT molecular complexity index is 542. The van der Waals surface area contributed by atoms with Gasteiger partial charge in [-0.1, -0.05) is 18.2 Å². The Morgan fingerprint density at radius 2 is 1.96 bits per heavy atom. The lowest BCUT2D eigenvalue weighted by molar-refractivity contribution is -0.137. The average Bonchev–Trinajstić information content (AvgIpc) is 3.43. The maximum atomic E-state index is 12.3. The molecule has 1 aliphatic heterocycles. The van der Waals surface area contributed by atoms with Crippen LogP contribution in [0.3, 0.4) is 0 Å². The largest absolute Gasteiger partial charge is 0.484 e. The van der Waals surface area contributed by atoms with E-state index in [4.69, 9.17) is 4.74 Å². The highest BCUT2D eigenvalue weighted by molar-refractivity contribution is 5.82. The maximum absolute atomic E-state index is 12.3. The van der Waals surface area contributed by atoms with Gasteiger partial charge in [-0.05, 0) is 43.7 Å². The van der Waals surface area contributed by atoms with Gasteiger partial charge < -0.3 is 15.0 Å². The number of benzene rings is 1. The van der Waals surface area contributed by atoms with Crippen molar-refractivity contribution in [1.82, 2.24) is 10.2 Å². The molecule has 0 bridgehead atoms. The van der Waals surface area contributed by atoms with Crippen LogP contribution in [-0.4, -0.2) is 43.0 Å². The summed E-state index contributed by atoms with van der Waals surface area (Å²) in [7, 11) is 0. The highest BCUT2D eigenvalue weighted by atomic mass is 16.5. The van der Waals surface area contributed by atoms with Crippen LogP contribution >= 0.6 is 0 Å². The van der Waals surface area contributed by atoms with Crippen molar-refractivity contribution in [2.75, 3.05) is 26.2 Å². The topological polar surface area (TPSA) is 58.6 Å². The number of nitrogens with zero attached hydrogens (tertiary/aromatic N) is 1. The normalized spacial score (nSPS) is 20.9. The van der Waals surface area contributed by atoms with Crippen molar-refractivity contribution in [3.8, 4) is 5.75 Å². The van der Waals surface area contributed by atoms with Crippen molar-refractivity contribution >= 4 is 11.8 Å². The number of hydrogen-bond donors (Lipinski definition) is 1. The van der Waals surface area contributed by atoms with Gasteiger partial charge in [-0.25, -0.2) is 0 Å². The molecule has 23 heavy (non-hydrogen) atoms. The fourth-order valence-electron chi connectivity index (χ4n) is 2.88. The van der Waals surface area contributed by atoms with Gasteiger partial charge in [0.05, 0.1) is 5.92 Å². The van der Waals surface area contributed by atoms with Gasteiger partial charge in [0.15, 0.2) is 6.61 Å². The number of hydrogen-bond acceptors (Lipinski definition) is 3. The van der Waals surface area contributed by atoms with Crippen molar-refractivity contribution < 1.29 is 14.3 Å². The third-order valence-corrected chi connectivity index (χ3v) is 4.51. The SMILES string of the molecule is O=C(NCC1CC1)[C@H]1CCCN(C(=O)COc2ccccc2)C1. The maximum Gasteiger partial charge on any atom is 0.260 e. The van der Waals surface area contributed by atoms with Gasteiger partial charge >= 0.3 is 0 Å². The van der Waals surface area contributed by atoms with E-state index in [2.05, 4.69) is 5.32 Å². The zero-order chi connectivity index (χ0) is 16.1. The molecule has 124 valence electrons. The van der Waals surface area contributed by atoms with Gasteiger partial charge in [0, 0.05) is 19.6 Å². The molecule has 1 N–H and O–H groups in total. The average molecular weight is 316 g/mol. The van der Waals surface area contributed by atoms with Crippen LogP contribution in [0, 0.1) is 11.8 Å². The number of likely N-dealkylation sites (tertiary alicyclic amines) is 1. The molecule has 2 fully saturated rings. The quantitative estimate of drug-likeness (QED) is 0.871. The lowest BCUT2D eigenvalue weighted by atomic mass is 9.97. The van der Waals surface area contributed by atoms with Gasteiger partial charge in [-0.2, -0.15) is 0 Å². The Kier molecular flexibility index (Phi) is 5.16. The summed E-state index contributed by atoms with van der Waals surface area (Å²) < 4.78 is 5.51. The fourth-order valence-corrected chi connectivity index (χ4v) is 2.88. The van der Waals surface area contributed by atoms with Gasteiger partial charge in [0.1, 0.15) is 5.75 Å². The molecule has 1 saturated heterocycles. The number of ether oxygens (including phenoxy) is 1. The lowest BCUT2D eigenvalue weighted by Crippen LogP contribution is -2.47. The number of piperidine rings is 1. The zero-order valence-electron chi connectivity index (χ0n) is 13.4. The Labute approximate surface area is 137 Å². The van der Waals surface area contributed by atoms with Gasteiger partial charge in [-0.3, -0.25) is 9.59 Å². The third-order valence-electron chi connectivity index (χ3n) is 4.51. The number of amides is 2. The minimum Gasteiger partial charge on any atom is -0.484 e. The number of para-hydroxylation sites is 1. The Morgan fingerprint density at radius 1 is 1.17 bits per heavy atom. The Hall–Kier alpha value is -2.04. The number of rotatable bonds is 6. The van der Waals surface area contributed by atoms with E-state index in [1.54, 1.807) is 4.90 Å². The van der Waals surface area contributed by atoms with E-state index in [1.807, 2.05) is 30.3 Å². The van der Waals surface area contributed by atoms with E-state index < -0.39 is 0 Å². The van der Waals surface area contributed by atoms with Crippen molar-refractivity contribution in [3.05, 3.63) is 30.3 Å². The third kappa shape index (κ3) is 4.71. The van der Waals surface area contributed by atoms with Crippen molar-refractivity contribution in [2.24, 2.45) is 11.8 Å². The second kappa shape index (κ2) is 7.49. The van der Waals surface area contributed by atoms with Crippen LogP contribution in [0.25, 0.3) is 0 Å². The Balaban J connectivity index is 1.45. The first-order valence-corrected chi connectivity index (χ1v) is 8.45. The molecule has 0 radical (unpaired) electrons. The predicted molar refractivity (Wildman–Crippen MR) is 87.0 cm³/mol. The van der Waals surface area contributed by atoms with E-state index in [9.17, 15) is 9.59 Å². The number of carbonyl (C=O) groups excluding carboxylic acids is 2. The van der Waals surface area contributed by atoms with Gasteiger partial charge in [0.25, 0.3) is 5.91 Å². The molecule has 1 heterocycles. The molecule has 5 nitrogen and oxygen atoms in total. The molecule has 1 saturated carbocycles.